The number of hydrogen-bond acceptors (Lipinski definition) is 5. The monoisotopic (exact) mass is 343 g/mol. The van der Waals surface area contributed by atoms with E-state index in [-0.39, 0.29) is 12.5 Å². The third-order valence-corrected chi connectivity index (χ3v) is 3.22. The lowest BCUT2D eigenvalue weighted by molar-refractivity contribution is -0.120. The van der Waals surface area contributed by atoms with E-state index >= 15 is 0 Å². The van der Waals surface area contributed by atoms with Gasteiger partial charge in [-0.25, -0.2) is 5.43 Å². The van der Waals surface area contributed by atoms with Gasteiger partial charge < -0.3 is 14.5 Å². The summed E-state index contributed by atoms with van der Waals surface area (Å²) in [5, 5.41) is 6.25. The van der Waals surface area contributed by atoms with Gasteiger partial charge in [-0.1, -0.05) is 13.3 Å². The van der Waals surface area contributed by atoms with Crippen LogP contribution in [0.25, 0.3) is 0 Å². The highest BCUT2D eigenvalue weighted by Gasteiger charge is 2.07. The molecule has 0 atom stereocenters. The first-order chi connectivity index (χ1) is 12.2. The number of amides is 2. The van der Waals surface area contributed by atoms with Crippen molar-refractivity contribution in [3.63, 3.8) is 0 Å². The van der Waals surface area contributed by atoms with E-state index in [0.29, 0.717) is 17.9 Å². The van der Waals surface area contributed by atoms with Crippen molar-refractivity contribution in [3.05, 3.63) is 54.0 Å². The second kappa shape index (κ2) is 9.92. The highest BCUT2D eigenvalue weighted by atomic mass is 16.5. The zero-order valence-electron chi connectivity index (χ0n) is 14.0. The van der Waals surface area contributed by atoms with Crippen LogP contribution in [0.4, 0.5) is 0 Å². The third-order valence-electron chi connectivity index (χ3n) is 3.22. The van der Waals surface area contributed by atoms with Crippen molar-refractivity contribution < 1.29 is 18.7 Å². The van der Waals surface area contributed by atoms with Crippen LogP contribution >= 0.6 is 0 Å². The molecule has 1 aromatic carbocycles. The normalized spacial score (nSPS) is 10.6. The lowest BCUT2D eigenvalue weighted by Crippen LogP contribution is -2.34. The van der Waals surface area contributed by atoms with Crippen LogP contribution in [0.5, 0.6) is 5.75 Å². The fraction of sp³-hybridized carbons (Fsp3) is 0.278. The number of hydrogen-bond donors (Lipinski definition) is 2. The fourth-order valence-electron chi connectivity index (χ4n) is 1.87. The van der Waals surface area contributed by atoms with Crippen LogP contribution in [-0.4, -0.2) is 31.2 Å². The predicted molar refractivity (Wildman–Crippen MR) is 93.6 cm³/mol. The molecule has 1 aromatic heterocycles. The molecule has 0 aliphatic carbocycles. The minimum atomic E-state index is -0.435. The van der Waals surface area contributed by atoms with E-state index in [0.717, 1.165) is 18.6 Å². The average molecular weight is 343 g/mol. The highest BCUT2D eigenvalue weighted by Crippen LogP contribution is 2.12. The van der Waals surface area contributed by atoms with Crippen LogP contribution in [0, 0.1) is 0 Å². The number of furan rings is 1. The Hall–Kier alpha value is -3.09. The van der Waals surface area contributed by atoms with E-state index in [1.807, 2.05) is 0 Å². The number of carbonyl (C=O) groups excluding carboxylic acids is 2. The molecule has 2 amide bonds. The summed E-state index contributed by atoms with van der Waals surface area (Å²) in [6.07, 6.45) is 4.92. The topological polar surface area (TPSA) is 92.9 Å². The van der Waals surface area contributed by atoms with Gasteiger partial charge in [-0.2, -0.15) is 5.10 Å². The van der Waals surface area contributed by atoms with Crippen molar-refractivity contribution in [3.8, 4) is 5.75 Å². The molecule has 0 aliphatic rings. The minimum absolute atomic E-state index is 0.178. The standard InChI is InChI=1S/C18H21N3O4/c1-2-3-10-24-15-8-6-14(7-9-15)18(23)19-13-17(22)21-20-12-16-5-4-11-25-16/h4-9,11-12H,2-3,10,13H2,1H3,(H,19,23)(H,21,22)/b20-12+. The minimum Gasteiger partial charge on any atom is -0.494 e. The second-order valence-corrected chi connectivity index (χ2v) is 5.22. The summed E-state index contributed by atoms with van der Waals surface area (Å²) in [7, 11) is 0. The van der Waals surface area contributed by atoms with Crippen LogP contribution < -0.4 is 15.5 Å². The summed E-state index contributed by atoms with van der Waals surface area (Å²) in [5.41, 5.74) is 2.75. The first-order valence-corrected chi connectivity index (χ1v) is 8.05. The maximum atomic E-state index is 12.0. The molecule has 0 aliphatic heterocycles. The van der Waals surface area contributed by atoms with Crippen LogP contribution in [0.1, 0.15) is 35.9 Å². The van der Waals surface area contributed by atoms with Gasteiger partial charge in [0.2, 0.25) is 0 Å². The summed E-state index contributed by atoms with van der Waals surface area (Å²) >= 11 is 0. The number of hydrazone groups is 1. The maximum Gasteiger partial charge on any atom is 0.259 e. The van der Waals surface area contributed by atoms with Crippen LogP contribution in [0.3, 0.4) is 0 Å². The Morgan fingerprint density at radius 1 is 1.24 bits per heavy atom. The highest BCUT2D eigenvalue weighted by molar-refractivity contribution is 5.96. The van der Waals surface area contributed by atoms with Gasteiger partial charge in [0.05, 0.1) is 25.6 Å². The van der Waals surface area contributed by atoms with Gasteiger partial charge in [0.1, 0.15) is 11.5 Å². The van der Waals surface area contributed by atoms with E-state index in [2.05, 4.69) is 22.8 Å². The maximum absolute atomic E-state index is 12.0. The SMILES string of the molecule is CCCCOc1ccc(C(=O)NCC(=O)N/N=C/c2ccco2)cc1. The quantitative estimate of drug-likeness (QED) is 0.415. The van der Waals surface area contributed by atoms with Gasteiger partial charge in [-0.15, -0.1) is 0 Å². The molecular formula is C18H21N3O4. The molecule has 0 fully saturated rings. The lowest BCUT2D eigenvalue weighted by Gasteiger charge is -2.07. The van der Waals surface area contributed by atoms with E-state index in [1.165, 1.54) is 12.5 Å². The summed E-state index contributed by atoms with van der Waals surface area (Å²) in [6.45, 7) is 2.57. The molecule has 0 spiro atoms. The number of carbonyl (C=O) groups is 2. The van der Waals surface area contributed by atoms with Gasteiger partial charge in [0.15, 0.2) is 0 Å². The number of ether oxygens (including phenoxy) is 1. The van der Waals surface area contributed by atoms with Gasteiger partial charge in [-0.3, -0.25) is 9.59 Å². The zero-order valence-corrected chi connectivity index (χ0v) is 14.0. The molecule has 2 rings (SSSR count). The summed E-state index contributed by atoms with van der Waals surface area (Å²) in [5.74, 6) is 0.460. The van der Waals surface area contributed by atoms with Crippen molar-refractivity contribution in [2.24, 2.45) is 5.10 Å². The van der Waals surface area contributed by atoms with Gasteiger partial charge in [-0.05, 0) is 42.8 Å². The van der Waals surface area contributed by atoms with E-state index in [1.54, 1.807) is 36.4 Å². The van der Waals surface area contributed by atoms with Gasteiger partial charge in [0.25, 0.3) is 11.8 Å². The van der Waals surface area contributed by atoms with Crippen molar-refractivity contribution in [2.75, 3.05) is 13.2 Å². The van der Waals surface area contributed by atoms with Gasteiger partial charge in [0, 0.05) is 5.56 Å². The summed E-state index contributed by atoms with van der Waals surface area (Å²) in [4.78, 5) is 23.6. The number of rotatable bonds is 9. The predicted octanol–water partition coefficient (Wildman–Crippen LogP) is 2.34. The van der Waals surface area contributed by atoms with Crippen LogP contribution in [0.15, 0.2) is 52.2 Å². The van der Waals surface area contributed by atoms with E-state index in [9.17, 15) is 9.59 Å². The molecule has 132 valence electrons. The van der Waals surface area contributed by atoms with Gasteiger partial charge >= 0.3 is 0 Å². The number of nitrogens with zero attached hydrogens (tertiary/aromatic N) is 1. The summed E-state index contributed by atoms with van der Waals surface area (Å²) < 4.78 is 10.6. The molecule has 25 heavy (non-hydrogen) atoms. The number of unbranched alkanes of at least 4 members (excludes halogenated alkanes) is 1. The van der Waals surface area contributed by atoms with E-state index in [4.69, 9.17) is 9.15 Å². The number of nitrogens with one attached hydrogen (secondary N) is 2. The van der Waals surface area contributed by atoms with Crippen molar-refractivity contribution in [1.82, 2.24) is 10.7 Å². The van der Waals surface area contributed by atoms with Crippen molar-refractivity contribution in [1.29, 1.82) is 0 Å². The fourth-order valence-corrected chi connectivity index (χ4v) is 1.87. The molecule has 0 unspecified atom stereocenters. The first kappa shape index (κ1) is 18.3. The number of benzene rings is 1. The molecule has 7 heteroatoms. The average Bonchev–Trinajstić information content (AvgIpc) is 3.14. The largest absolute Gasteiger partial charge is 0.494 e. The zero-order chi connectivity index (χ0) is 17.9. The molecule has 7 nitrogen and oxygen atoms in total. The Balaban J connectivity index is 1.72. The molecule has 2 aromatic rings. The Bertz CT molecular complexity index is 694. The lowest BCUT2D eigenvalue weighted by atomic mass is 10.2. The molecule has 1 heterocycles. The molecule has 0 radical (unpaired) electrons. The van der Waals surface area contributed by atoms with Crippen LogP contribution in [0.2, 0.25) is 0 Å². The molecule has 2 N–H and O–H groups in total. The second-order valence-electron chi connectivity index (χ2n) is 5.22. The first-order valence-electron chi connectivity index (χ1n) is 8.05. The van der Waals surface area contributed by atoms with Crippen LogP contribution in [-0.2, 0) is 4.79 Å². The Kier molecular flexibility index (Phi) is 7.24. The Labute approximate surface area is 146 Å². The summed E-state index contributed by atoms with van der Waals surface area (Å²) in [6, 6.07) is 10.2. The van der Waals surface area contributed by atoms with E-state index < -0.39 is 5.91 Å². The molecule has 0 saturated carbocycles. The Morgan fingerprint density at radius 3 is 2.72 bits per heavy atom. The molecule has 0 saturated heterocycles. The molecule has 0 bridgehead atoms. The molecular weight excluding hydrogens is 322 g/mol. The van der Waals surface area contributed by atoms with Crippen molar-refractivity contribution >= 4 is 18.0 Å². The smallest absolute Gasteiger partial charge is 0.259 e. The Morgan fingerprint density at radius 2 is 2.04 bits per heavy atom. The third kappa shape index (κ3) is 6.50. The van der Waals surface area contributed by atoms with Crippen molar-refractivity contribution in [2.45, 2.75) is 19.8 Å².